The second-order valence-corrected chi connectivity index (χ2v) is 4.17. The molecule has 16 heavy (non-hydrogen) atoms. The van der Waals surface area contributed by atoms with Gasteiger partial charge in [0.05, 0.1) is 11.2 Å². The van der Waals surface area contributed by atoms with Crippen LogP contribution in [0.15, 0.2) is 17.2 Å². The van der Waals surface area contributed by atoms with Crippen molar-refractivity contribution in [1.82, 2.24) is 25.1 Å². The van der Waals surface area contributed by atoms with Crippen LogP contribution in [0.4, 0.5) is 0 Å². The second kappa shape index (κ2) is 5.72. The third-order valence-corrected chi connectivity index (χ3v) is 2.97. The van der Waals surface area contributed by atoms with Gasteiger partial charge in [-0.25, -0.2) is 4.98 Å². The Morgan fingerprint density at radius 1 is 1.50 bits per heavy atom. The molecule has 0 aliphatic heterocycles. The quantitative estimate of drug-likeness (QED) is 0.764. The van der Waals surface area contributed by atoms with Crippen molar-refractivity contribution in [3.8, 4) is 0 Å². The predicted molar refractivity (Wildman–Crippen MR) is 63.2 cm³/mol. The molecule has 0 radical (unpaired) electrons. The van der Waals surface area contributed by atoms with Gasteiger partial charge in [-0.2, -0.15) is 0 Å². The minimum atomic E-state index is 0.826. The Balaban J connectivity index is 1.72. The predicted octanol–water partition coefficient (Wildman–Crippen LogP) is 1.09. The molecule has 86 valence electrons. The third kappa shape index (κ3) is 2.86. The molecule has 2 rings (SSSR count). The SMILES string of the molecule is CCc1nncn1CCNCc1cscn1. The maximum Gasteiger partial charge on any atom is 0.132 e. The van der Waals surface area contributed by atoms with Gasteiger partial charge in [0.25, 0.3) is 0 Å². The van der Waals surface area contributed by atoms with Gasteiger partial charge in [-0.1, -0.05) is 6.92 Å². The Kier molecular flexibility index (Phi) is 4.01. The van der Waals surface area contributed by atoms with Crippen LogP contribution in [-0.4, -0.2) is 26.3 Å². The van der Waals surface area contributed by atoms with Crippen LogP contribution in [0, 0.1) is 0 Å². The molecule has 0 saturated heterocycles. The molecule has 0 aromatic carbocycles. The van der Waals surface area contributed by atoms with Crippen LogP contribution in [0.3, 0.4) is 0 Å². The topological polar surface area (TPSA) is 55.6 Å². The van der Waals surface area contributed by atoms with Gasteiger partial charge in [0.1, 0.15) is 12.2 Å². The number of nitrogens with one attached hydrogen (secondary N) is 1. The third-order valence-electron chi connectivity index (χ3n) is 2.33. The fourth-order valence-electron chi connectivity index (χ4n) is 1.48. The average molecular weight is 237 g/mol. The normalized spacial score (nSPS) is 10.8. The van der Waals surface area contributed by atoms with Crippen molar-refractivity contribution in [3.63, 3.8) is 0 Å². The number of nitrogens with zero attached hydrogens (tertiary/aromatic N) is 4. The monoisotopic (exact) mass is 237 g/mol. The maximum absolute atomic E-state index is 4.21. The van der Waals surface area contributed by atoms with Gasteiger partial charge in [0, 0.05) is 31.4 Å². The summed E-state index contributed by atoms with van der Waals surface area (Å²) < 4.78 is 2.08. The van der Waals surface area contributed by atoms with E-state index >= 15 is 0 Å². The Labute approximate surface area is 98.5 Å². The summed E-state index contributed by atoms with van der Waals surface area (Å²) in [6, 6.07) is 0. The van der Waals surface area contributed by atoms with E-state index in [1.54, 1.807) is 17.7 Å². The van der Waals surface area contributed by atoms with Crippen LogP contribution < -0.4 is 5.32 Å². The molecule has 2 aromatic heterocycles. The molecule has 0 bridgehead atoms. The zero-order valence-corrected chi connectivity index (χ0v) is 10.1. The average Bonchev–Trinajstić information content (AvgIpc) is 2.95. The summed E-state index contributed by atoms with van der Waals surface area (Å²) in [7, 11) is 0. The highest BCUT2D eigenvalue weighted by molar-refractivity contribution is 7.07. The second-order valence-electron chi connectivity index (χ2n) is 3.45. The van der Waals surface area contributed by atoms with E-state index < -0.39 is 0 Å². The van der Waals surface area contributed by atoms with E-state index in [9.17, 15) is 0 Å². The van der Waals surface area contributed by atoms with E-state index in [2.05, 4.69) is 37.4 Å². The van der Waals surface area contributed by atoms with E-state index in [1.165, 1.54) is 0 Å². The van der Waals surface area contributed by atoms with E-state index in [1.807, 2.05) is 5.51 Å². The largest absolute Gasteiger partial charge is 0.316 e. The number of rotatable bonds is 6. The number of thiazole rings is 1. The van der Waals surface area contributed by atoms with E-state index in [4.69, 9.17) is 0 Å². The first-order chi connectivity index (χ1) is 7.90. The molecule has 1 N–H and O–H groups in total. The highest BCUT2D eigenvalue weighted by Crippen LogP contribution is 2.00. The van der Waals surface area contributed by atoms with Crippen molar-refractivity contribution in [2.45, 2.75) is 26.4 Å². The van der Waals surface area contributed by atoms with Gasteiger partial charge >= 0.3 is 0 Å². The summed E-state index contributed by atoms with van der Waals surface area (Å²) in [4.78, 5) is 4.21. The highest BCUT2D eigenvalue weighted by atomic mass is 32.1. The van der Waals surface area contributed by atoms with Gasteiger partial charge in [-0.3, -0.25) is 0 Å². The molecule has 0 atom stereocenters. The zero-order chi connectivity index (χ0) is 11.2. The van der Waals surface area contributed by atoms with Gasteiger partial charge < -0.3 is 9.88 Å². The summed E-state index contributed by atoms with van der Waals surface area (Å²) in [5.41, 5.74) is 2.95. The van der Waals surface area contributed by atoms with Crippen LogP contribution >= 0.6 is 11.3 Å². The molecule has 6 heteroatoms. The summed E-state index contributed by atoms with van der Waals surface area (Å²) >= 11 is 1.63. The van der Waals surface area contributed by atoms with Crippen molar-refractivity contribution in [1.29, 1.82) is 0 Å². The lowest BCUT2D eigenvalue weighted by Crippen LogP contribution is -2.20. The minimum Gasteiger partial charge on any atom is -0.316 e. The summed E-state index contributed by atoms with van der Waals surface area (Å²) in [5, 5.41) is 13.3. The minimum absolute atomic E-state index is 0.826. The van der Waals surface area contributed by atoms with Crippen molar-refractivity contribution in [3.05, 3.63) is 28.7 Å². The first kappa shape index (κ1) is 11.2. The first-order valence-corrected chi connectivity index (χ1v) is 6.29. The molecule has 0 aliphatic carbocycles. The number of hydrogen-bond acceptors (Lipinski definition) is 5. The molecule has 0 unspecified atom stereocenters. The van der Waals surface area contributed by atoms with E-state index in [0.29, 0.717) is 0 Å². The Morgan fingerprint density at radius 2 is 2.44 bits per heavy atom. The molecule has 2 heterocycles. The fourth-order valence-corrected chi connectivity index (χ4v) is 2.04. The number of hydrogen-bond donors (Lipinski definition) is 1. The van der Waals surface area contributed by atoms with Crippen LogP contribution in [0.2, 0.25) is 0 Å². The molecule has 0 aliphatic rings. The molecule has 0 spiro atoms. The molecule has 0 fully saturated rings. The van der Waals surface area contributed by atoms with Crippen LogP contribution in [0.5, 0.6) is 0 Å². The number of aromatic nitrogens is 4. The van der Waals surface area contributed by atoms with Crippen molar-refractivity contribution >= 4 is 11.3 Å². The lowest BCUT2D eigenvalue weighted by atomic mass is 10.4. The van der Waals surface area contributed by atoms with Gasteiger partial charge in [-0.15, -0.1) is 21.5 Å². The van der Waals surface area contributed by atoms with E-state index in [0.717, 1.165) is 37.6 Å². The van der Waals surface area contributed by atoms with Gasteiger partial charge in [0.2, 0.25) is 0 Å². The fraction of sp³-hybridized carbons (Fsp3) is 0.500. The van der Waals surface area contributed by atoms with Crippen molar-refractivity contribution in [2.24, 2.45) is 0 Å². The van der Waals surface area contributed by atoms with Crippen molar-refractivity contribution < 1.29 is 0 Å². The van der Waals surface area contributed by atoms with Crippen LogP contribution in [-0.2, 0) is 19.5 Å². The summed E-state index contributed by atoms with van der Waals surface area (Å²) in [6.07, 6.45) is 2.70. The standard InChI is InChI=1S/C10H15N5S/c1-2-10-14-13-7-15(10)4-3-11-5-9-6-16-8-12-9/h6-8,11H,2-5H2,1H3. The lowest BCUT2D eigenvalue weighted by molar-refractivity contribution is 0.577. The van der Waals surface area contributed by atoms with Gasteiger partial charge in [0.15, 0.2) is 0 Å². The van der Waals surface area contributed by atoms with Crippen LogP contribution in [0.1, 0.15) is 18.4 Å². The Hall–Kier alpha value is -1.27. The summed E-state index contributed by atoms with van der Waals surface area (Å²) in [6.45, 7) is 4.72. The number of aryl methyl sites for hydroxylation is 1. The van der Waals surface area contributed by atoms with Crippen molar-refractivity contribution in [2.75, 3.05) is 6.54 Å². The zero-order valence-electron chi connectivity index (χ0n) is 9.26. The first-order valence-electron chi connectivity index (χ1n) is 5.34. The lowest BCUT2D eigenvalue weighted by Gasteiger charge is -2.05. The van der Waals surface area contributed by atoms with E-state index in [-0.39, 0.29) is 0 Å². The molecule has 0 amide bonds. The highest BCUT2D eigenvalue weighted by Gasteiger charge is 2.00. The Bertz CT molecular complexity index is 409. The Morgan fingerprint density at radius 3 is 3.19 bits per heavy atom. The smallest absolute Gasteiger partial charge is 0.132 e. The molecule has 5 nitrogen and oxygen atoms in total. The molecular formula is C10H15N5S. The summed E-state index contributed by atoms with van der Waals surface area (Å²) in [5.74, 6) is 1.04. The molecular weight excluding hydrogens is 222 g/mol. The molecule has 2 aromatic rings. The van der Waals surface area contributed by atoms with Gasteiger partial charge in [-0.05, 0) is 0 Å². The van der Waals surface area contributed by atoms with Crippen LogP contribution in [0.25, 0.3) is 0 Å². The molecule has 0 saturated carbocycles. The maximum atomic E-state index is 4.21.